The number of amides is 2. The summed E-state index contributed by atoms with van der Waals surface area (Å²) in [6.45, 7) is 1.57. The molecule has 1 N–H and O–H groups in total. The SMILES string of the molecule is CN(C)c1ccc(/C=C2/C(=N)N3N=C(CC(=O)N4CCCCC4)SC3=NC2=O)cc1. The monoisotopic (exact) mass is 424 g/mol. The zero-order chi connectivity index (χ0) is 21.3. The van der Waals surface area contributed by atoms with Gasteiger partial charge in [-0.05, 0) is 54.8 Å². The van der Waals surface area contributed by atoms with E-state index in [1.807, 2.05) is 48.2 Å². The van der Waals surface area contributed by atoms with Crippen molar-refractivity contribution < 1.29 is 9.59 Å². The Kier molecular flexibility index (Phi) is 5.72. The quantitative estimate of drug-likeness (QED) is 0.751. The third-order valence-electron chi connectivity index (χ3n) is 5.23. The van der Waals surface area contributed by atoms with E-state index in [0.29, 0.717) is 10.2 Å². The highest BCUT2D eigenvalue weighted by molar-refractivity contribution is 8.27. The molecule has 1 aromatic carbocycles. The first-order chi connectivity index (χ1) is 14.4. The molecule has 0 bridgehead atoms. The maximum Gasteiger partial charge on any atom is 0.283 e. The van der Waals surface area contributed by atoms with Crippen LogP contribution in [0.25, 0.3) is 6.08 Å². The van der Waals surface area contributed by atoms with E-state index in [2.05, 4.69) is 10.1 Å². The van der Waals surface area contributed by atoms with Crippen molar-refractivity contribution in [2.24, 2.45) is 10.1 Å². The molecule has 0 saturated carbocycles. The molecule has 1 aromatic rings. The van der Waals surface area contributed by atoms with Crippen LogP contribution in [-0.4, -0.2) is 65.0 Å². The number of piperidine rings is 1. The van der Waals surface area contributed by atoms with Gasteiger partial charge in [-0.25, -0.2) is 0 Å². The first kappa shape index (κ1) is 20.3. The topological polar surface area (TPSA) is 92.4 Å². The van der Waals surface area contributed by atoms with Crippen molar-refractivity contribution in [3.63, 3.8) is 0 Å². The van der Waals surface area contributed by atoms with Crippen LogP contribution in [0.3, 0.4) is 0 Å². The van der Waals surface area contributed by atoms with Crippen molar-refractivity contribution in [2.75, 3.05) is 32.1 Å². The number of carbonyl (C=O) groups excluding carboxylic acids is 2. The number of hydrogen-bond acceptors (Lipinski definition) is 6. The summed E-state index contributed by atoms with van der Waals surface area (Å²) >= 11 is 1.19. The summed E-state index contributed by atoms with van der Waals surface area (Å²) in [5.74, 6) is -0.445. The fraction of sp³-hybridized carbons (Fsp3) is 0.381. The first-order valence-electron chi connectivity index (χ1n) is 9.96. The Morgan fingerprint density at radius 3 is 2.57 bits per heavy atom. The number of amidine groups is 2. The van der Waals surface area contributed by atoms with Gasteiger partial charge in [0.1, 0.15) is 5.04 Å². The largest absolute Gasteiger partial charge is 0.378 e. The smallest absolute Gasteiger partial charge is 0.283 e. The van der Waals surface area contributed by atoms with E-state index in [9.17, 15) is 9.59 Å². The van der Waals surface area contributed by atoms with Gasteiger partial charge < -0.3 is 9.80 Å². The van der Waals surface area contributed by atoms with Gasteiger partial charge in [-0.1, -0.05) is 12.1 Å². The maximum atomic E-state index is 12.5. The molecule has 3 aliphatic rings. The summed E-state index contributed by atoms with van der Waals surface area (Å²) in [6, 6.07) is 7.69. The Bertz CT molecular complexity index is 974. The van der Waals surface area contributed by atoms with Gasteiger partial charge in [0, 0.05) is 32.9 Å². The van der Waals surface area contributed by atoms with Crippen molar-refractivity contribution in [3.05, 3.63) is 35.4 Å². The van der Waals surface area contributed by atoms with E-state index in [1.54, 1.807) is 6.08 Å². The summed E-state index contributed by atoms with van der Waals surface area (Å²) in [4.78, 5) is 33.0. The van der Waals surface area contributed by atoms with Crippen LogP contribution in [-0.2, 0) is 9.59 Å². The number of hydrazone groups is 1. The van der Waals surface area contributed by atoms with Gasteiger partial charge in [-0.3, -0.25) is 15.0 Å². The van der Waals surface area contributed by atoms with Crippen LogP contribution in [0, 0.1) is 5.41 Å². The van der Waals surface area contributed by atoms with E-state index in [1.165, 1.54) is 16.8 Å². The molecule has 0 radical (unpaired) electrons. The normalized spacial score (nSPS) is 20.3. The summed E-state index contributed by atoms with van der Waals surface area (Å²) in [5, 5.41) is 15.1. The number of fused-ring (bicyclic) bond motifs is 1. The van der Waals surface area contributed by atoms with Crippen molar-refractivity contribution in [1.29, 1.82) is 5.41 Å². The second kappa shape index (κ2) is 8.43. The van der Waals surface area contributed by atoms with Crippen LogP contribution in [0.5, 0.6) is 0 Å². The van der Waals surface area contributed by atoms with E-state index >= 15 is 0 Å². The molecule has 3 aliphatic heterocycles. The minimum absolute atomic E-state index is 0.0189. The van der Waals surface area contributed by atoms with Crippen molar-refractivity contribution in [1.82, 2.24) is 9.91 Å². The molecule has 0 atom stereocenters. The number of carbonyl (C=O) groups is 2. The number of likely N-dealkylation sites (tertiary alicyclic amines) is 1. The lowest BCUT2D eigenvalue weighted by Gasteiger charge is -2.26. The van der Waals surface area contributed by atoms with Crippen molar-refractivity contribution >= 4 is 51.4 Å². The fourth-order valence-electron chi connectivity index (χ4n) is 3.52. The predicted octanol–water partition coefficient (Wildman–Crippen LogP) is 2.77. The lowest BCUT2D eigenvalue weighted by molar-refractivity contribution is -0.130. The van der Waals surface area contributed by atoms with Gasteiger partial charge in [-0.2, -0.15) is 15.1 Å². The molecule has 0 aliphatic carbocycles. The van der Waals surface area contributed by atoms with Crippen LogP contribution in [0.15, 0.2) is 39.9 Å². The van der Waals surface area contributed by atoms with Crippen LogP contribution in [0.2, 0.25) is 0 Å². The molecule has 0 unspecified atom stereocenters. The summed E-state index contributed by atoms with van der Waals surface area (Å²) in [7, 11) is 3.92. The Morgan fingerprint density at radius 2 is 1.90 bits per heavy atom. The Labute approximate surface area is 179 Å². The lowest BCUT2D eigenvalue weighted by atomic mass is 10.1. The fourth-order valence-corrected chi connectivity index (χ4v) is 4.40. The number of anilines is 1. The third-order valence-corrected chi connectivity index (χ3v) is 6.14. The van der Waals surface area contributed by atoms with Crippen LogP contribution in [0.1, 0.15) is 31.2 Å². The molecular weight excluding hydrogens is 400 g/mol. The van der Waals surface area contributed by atoms with E-state index in [-0.39, 0.29) is 23.7 Å². The molecule has 0 spiro atoms. The number of benzene rings is 1. The molecule has 30 heavy (non-hydrogen) atoms. The second-order valence-electron chi connectivity index (χ2n) is 7.62. The summed E-state index contributed by atoms with van der Waals surface area (Å²) in [6.07, 6.45) is 5.06. The zero-order valence-corrected chi connectivity index (χ0v) is 17.9. The summed E-state index contributed by atoms with van der Waals surface area (Å²) in [5.41, 5.74) is 2.04. The first-order valence-corrected chi connectivity index (χ1v) is 10.8. The maximum absolute atomic E-state index is 12.5. The molecule has 4 rings (SSSR count). The predicted molar refractivity (Wildman–Crippen MR) is 121 cm³/mol. The van der Waals surface area contributed by atoms with Crippen LogP contribution in [0.4, 0.5) is 5.69 Å². The Morgan fingerprint density at radius 1 is 1.20 bits per heavy atom. The van der Waals surface area contributed by atoms with E-state index in [4.69, 9.17) is 5.41 Å². The number of nitrogens with one attached hydrogen (secondary N) is 1. The zero-order valence-electron chi connectivity index (χ0n) is 17.1. The second-order valence-corrected chi connectivity index (χ2v) is 8.66. The molecule has 1 saturated heterocycles. The van der Waals surface area contributed by atoms with Gasteiger partial charge in [0.2, 0.25) is 11.1 Å². The number of thioether (sulfide) groups is 1. The molecule has 1 fully saturated rings. The molecule has 8 nitrogen and oxygen atoms in total. The molecular formula is C21H24N6O2S. The van der Waals surface area contributed by atoms with Crippen LogP contribution < -0.4 is 4.90 Å². The molecule has 156 valence electrons. The number of rotatable bonds is 4. The van der Waals surface area contributed by atoms with Gasteiger partial charge in [0.15, 0.2) is 5.84 Å². The van der Waals surface area contributed by atoms with E-state index in [0.717, 1.165) is 43.6 Å². The van der Waals surface area contributed by atoms with Gasteiger partial charge in [0.25, 0.3) is 5.91 Å². The number of nitrogens with zero attached hydrogens (tertiary/aromatic N) is 5. The minimum Gasteiger partial charge on any atom is -0.378 e. The van der Waals surface area contributed by atoms with Gasteiger partial charge >= 0.3 is 0 Å². The third kappa shape index (κ3) is 4.16. The lowest BCUT2D eigenvalue weighted by Crippen LogP contribution is -2.36. The Hall–Kier alpha value is -2.94. The highest BCUT2D eigenvalue weighted by atomic mass is 32.2. The van der Waals surface area contributed by atoms with Crippen molar-refractivity contribution in [3.8, 4) is 0 Å². The average Bonchev–Trinajstić information content (AvgIpc) is 3.14. The minimum atomic E-state index is -0.464. The Balaban J connectivity index is 1.50. The highest BCUT2D eigenvalue weighted by Gasteiger charge is 2.36. The number of hydrogen-bond donors (Lipinski definition) is 1. The highest BCUT2D eigenvalue weighted by Crippen LogP contribution is 2.30. The molecule has 3 heterocycles. The summed E-state index contributed by atoms with van der Waals surface area (Å²) < 4.78 is 0. The molecule has 0 aromatic heterocycles. The molecule has 2 amide bonds. The van der Waals surface area contributed by atoms with Gasteiger partial charge in [-0.15, -0.1) is 0 Å². The van der Waals surface area contributed by atoms with Crippen LogP contribution >= 0.6 is 11.8 Å². The van der Waals surface area contributed by atoms with Crippen molar-refractivity contribution in [2.45, 2.75) is 25.7 Å². The molecule has 9 heteroatoms. The van der Waals surface area contributed by atoms with Gasteiger partial charge in [0.05, 0.1) is 12.0 Å². The van der Waals surface area contributed by atoms with E-state index < -0.39 is 5.91 Å². The number of aliphatic imine (C=N–C) groups is 1. The average molecular weight is 425 g/mol. The standard InChI is InChI=1S/C21H24N6O2S/c1-25(2)15-8-6-14(7-9-15)12-16-19(22)27-21(23-20(16)29)30-17(24-27)13-18(28)26-10-4-3-5-11-26/h6-9,12,22H,3-5,10-11,13H2,1-2H3/b16-12-,22-19?.